The Labute approximate surface area is 292 Å². The average molecular weight is 656 g/mol. The molecule has 0 bridgehead atoms. The van der Waals surface area contributed by atoms with Gasteiger partial charge in [-0.05, 0) is 78.9 Å². The van der Waals surface area contributed by atoms with Gasteiger partial charge in [-0.25, -0.2) is 0 Å². The van der Waals surface area contributed by atoms with Gasteiger partial charge in [0.2, 0.25) is 11.8 Å². The van der Waals surface area contributed by atoms with Gasteiger partial charge in [0.25, 0.3) is 0 Å². The molecule has 0 saturated heterocycles. The second-order valence-electron chi connectivity index (χ2n) is 13.2. The van der Waals surface area contributed by atoms with Gasteiger partial charge >= 0.3 is 0 Å². The fourth-order valence-electron chi connectivity index (χ4n) is 8.15. The fourth-order valence-corrected chi connectivity index (χ4v) is 8.15. The van der Waals surface area contributed by atoms with Gasteiger partial charge < -0.3 is 18.1 Å². The monoisotopic (exact) mass is 655 g/mol. The number of nitrogens with zero attached hydrogens (tertiary/aromatic N) is 5. The summed E-state index contributed by atoms with van der Waals surface area (Å²) < 4.78 is 13.0. The first-order valence-corrected chi connectivity index (χ1v) is 17.2. The maximum absolute atomic E-state index is 5.83. The van der Waals surface area contributed by atoms with Crippen molar-refractivity contribution in [3.8, 4) is 28.5 Å². The average Bonchev–Trinajstić information content (AvgIpc) is 3.94. The summed E-state index contributed by atoms with van der Waals surface area (Å²) in [7, 11) is 0. The first kappa shape index (κ1) is 28.0. The summed E-state index contributed by atoms with van der Waals surface area (Å²) in [6.07, 6.45) is 0. The smallest absolute Gasteiger partial charge is 0.247 e. The third kappa shape index (κ3) is 4.04. The molecule has 6 nitrogen and oxygen atoms in total. The maximum Gasteiger partial charge on any atom is 0.247 e. The molecule has 0 N–H and O–H groups in total. The number of hydrogen-bond donors (Lipinski definition) is 0. The highest BCUT2D eigenvalue weighted by Crippen LogP contribution is 2.39. The van der Waals surface area contributed by atoms with Crippen LogP contribution in [0.3, 0.4) is 0 Å². The van der Waals surface area contributed by atoms with Crippen molar-refractivity contribution >= 4 is 65.4 Å². The number of aromatic nitrogens is 5. The highest BCUT2D eigenvalue weighted by atomic mass is 16.4. The third-order valence-electron chi connectivity index (χ3n) is 10.3. The quantitative estimate of drug-likeness (QED) is 0.190. The van der Waals surface area contributed by atoms with Crippen LogP contribution in [0.4, 0.5) is 0 Å². The summed E-state index contributed by atoms with van der Waals surface area (Å²) in [5, 5.41) is 15.7. The Kier molecular flexibility index (Phi) is 5.78. The summed E-state index contributed by atoms with van der Waals surface area (Å²) >= 11 is 0. The topological polar surface area (TPSA) is 53.7 Å². The van der Waals surface area contributed by atoms with Crippen LogP contribution in [-0.4, -0.2) is 23.9 Å². The van der Waals surface area contributed by atoms with Crippen molar-refractivity contribution in [2.45, 2.75) is 6.92 Å². The minimum Gasteiger partial charge on any atom is -0.421 e. The van der Waals surface area contributed by atoms with Crippen molar-refractivity contribution in [2.75, 3.05) is 0 Å². The fraction of sp³-hybridized carbons (Fsp3) is 0.0222. The van der Waals surface area contributed by atoms with Crippen molar-refractivity contribution < 1.29 is 4.42 Å². The van der Waals surface area contributed by atoms with E-state index >= 15 is 0 Å². The predicted octanol–water partition coefficient (Wildman–Crippen LogP) is 11.3. The molecule has 0 radical (unpaired) electrons. The van der Waals surface area contributed by atoms with Gasteiger partial charge in [-0.1, -0.05) is 78.9 Å². The lowest BCUT2D eigenvalue weighted by Crippen LogP contribution is -1.96. The molecule has 7 aromatic carbocycles. The van der Waals surface area contributed by atoms with Crippen molar-refractivity contribution in [2.24, 2.45) is 0 Å². The van der Waals surface area contributed by atoms with Gasteiger partial charge in [-0.2, -0.15) is 0 Å². The molecule has 0 aliphatic rings. The standard InChI is InChI=1S/C45H29N5O/c1-28-46-47-45(51-28)29-11-10-12-30(25-29)48-43-23-21-31(49-39-17-6-2-13-33(39)34-14-3-7-18-40(34)49)26-37(43)38-27-32(22-24-44(38)48)50-41-19-8-4-15-35(41)36-16-5-9-20-42(36)50/h2-27H,1H3. The van der Waals surface area contributed by atoms with Gasteiger partial charge in [0.1, 0.15) is 0 Å². The van der Waals surface area contributed by atoms with E-state index in [9.17, 15) is 0 Å². The molecule has 0 atom stereocenters. The molecule has 240 valence electrons. The van der Waals surface area contributed by atoms with Crippen molar-refractivity contribution in [1.82, 2.24) is 23.9 Å². The Hall–Kier alpha value is -6.92. The van der Waals surface area contributed by atoms with E-state index in [1.165, 1.54) is 54.4 Å². The van der Waals surface area contributed by atoms with Crippen LogP contribution in [0.2, 0.25) is 0 Å². The zero-order valence-corrected chi connectivity index (χ0v) is 27.7. The molecule has 0 saturated carbocycles. The molecular formula is C45H29N5O. The molecule has 0 aliphatic carbocycles. The van der Waals surface area contributed by atoms with Crippen molar-refractivity contribution in [1.29, 1.82) is 0 Å². The van der Waals surface area contributed by atoms with E-state index < -0.39 is 0 Å². The third-order valence-corrected chi connectivity index (χ3v) is 10.3. The van der Waals surface area contributed by atoms with Gasteiger partial charge in [-0.15, -0.1) is 10.2 Å². The Morgan fingerprint density at radius 3 is 1.22 bits per heavy atom. The van der Waals surface area contributed by atoms with Crippen LogP contribution in [0.25, 0.3) is 93.9 Å². The first-order chi connectivity index (χ1) is 25.2. The number of para-hydroxylation sites is 4. The second kappa shape index (κ2) is 10.5. The SMILES string of the molecule is Cc1nnc(-c2cccc(-n3c4ccc(-n5c6ccccc6c6ccccc65)cc4c4cc(-n5c6ccccc6c6ccccc65)ccc43)c2)o1. The van der Waals surface area contributed by atoms with Crippen LogP contribution < -0.4 is 0 Å². The first-order valence-electron chi connectivity index (χ1n) is 17.2. The molecule has 0 unspecified atom stereocenters. The van der Waals surface area contributed by atoms with Crippen LogP contribution in [-0.2, 0) is 0 Å². The molecule has 6 heteroatoms. The van der Waals surface area contributed by atoms with E-state index in [-0.39, 0.29) is 0 Å². The van der Waals surface area contributed by atoms with Crippen LogP contribution in [0.15, 0.2) is 162 Å². The molecular weight excluding hydrogens is 627 g/mol. The molecule has 0 spiro atoms. The van der Waals surface area contributed by atoms with E-state index in [4.69, 9.17) is 4.42 Å². The zero-order valence-electron chi connectivity index (χ0n) is 27.7. The van der Waals surface area contributed by atoms with E-state index in [0.29, 0.717) is 11.8 Å². The Bertz CT molecular complexity index is 2890. The number of hydrogen-bond acceptors (Lipinski definition) is 3. The predicted molar refractivity (Wildman–Crippen MR) is 207 cm³/mol. The number of fused-ring (bicyclic) bond motifs is 9. The second-order valence-corrected chi connectivity index (χ2v) is 13.2. The molecule has 0 aliphatic heterocycles. The molecule has 11 rings (SSSR count). The minimum absolute atomic E-state index is 0.511. The summed E-state index contributed by atoms with van der Waals surface area (Å²) in [6.45, 7) is 1.82. The van der Waals surface area contributed by atoms with Gasteiger partial charge in [0.05, 0.1) is 33.1 Å². The minimum atomic E-state index is 0.511. The van der Waals surface area contributed by atoms with Gasteiger partial charge in [0, 0.05) is 61.9 Å². The lowest BCUT2D eigenvalue weighted by molar-refractivity contribution is 0.533. The van der Waals surface area contributed by atoms with Gasteiger partial charge in [-0.3, -0.25) is 0 Å². The zero-order chi connectivity index (χ0) is 33.6. The molecule has 4 aromatic heterocycles. The lowest BCUT2D eigenvalue weighted by Gasteiger charge is -2.11. The Morgan fingerprint density at radius 2 is 0.784 bits per heavy atom. The molecule has 51 heavy (non-hydrogen) atoms. The van der Waals surface area contributed by atoms with Crippen molar-refractivity contribution in [3.63, 3.8) is 0 Å². The summed E-state index contributed by atoms with van der Waals surface area (Å²) in [4.78, 5) is 0. The molecule has 11 aromatic rings. The summed E-state index contributed by atoms with van der Waals surface area (Å²) in [5.74, 6) is 1.06. The molecule has 0 amide bonds. The molecule has 4 heterocycles. The van der Waals surface area contributed by atoms with Crippen LogP contribution >= 0.6 is 0 Å². The lowest BCUT2D eigenvalue weighted by atomic mass is 10.1. The van der Waals surface area contributed by atoms with E-state index in [2.05, 4.69) is 176 Å². The number of rotatable bonds is 4. The number of aryl methyl sites for hydroxylation is 1. The van der Waals surface area contributed by atoms with Crippen LogP contribution in [0.1, 0.15) is 5.89 Å². The normalized spacial score (nSPS) is 12.0. The summed E-state index contributed by atoms with van der Waals surface area (Å²) in [5.41, 5.74) is 11.1. The van der Waals surface area contributed by atoms with Crippen LogP contribution in [0, 0.1) is 6.92 Å². The number of benzene rings is 7. The highest BCUT2D eigenvalue weighted by Gasteiger charge is 2.19. The van der Waals surface area contributed by atoms with Crippen molar-refractivity contribution in [3.05, 3.63) is 164 Å². The largest absolute Gasteiger partial charge is 0.421 e. The maximum atomic E-state index is 5.83. The van der Waals surface area contributed by atoms with Gasteiger partial charge in [0.15, 0.2) is 0 Å². The van der Waals surface area contributed by atoms with E-state index in [1.807, 2.05) is 13.0 Å². The van der Waals surface area contributed by atoms with E-state index in [1.54, 1.807) is 0 Å². The highest BCUT2D eigenvalue weighted by molar-refractivity contribution is 6.14. The summed E-state index contributed by atoms with van der Waals surface area (Å²) in [6, 6.07) is 56.8. The molecule has 0 fully saturated rings. The van der Waals surface area contributed by atoms with E-state index in [0.717, 1.165) is 33.7 Å². The Balaban J connectivity index is 1.22. The van der Waals surface area contributed by atoms with Crippen LogP contribution in [0.5, 0.6) is 0 Å². The Morgan fingerprint density at radius 1 is 0.373 bits per heavy atom.